The number of hydrogen-bond acceptors (Lipinski definition) is 6. The molecule has 0 aliphatic heterocycles. The van der Waals surface area contributed by atoms with Crippen LogP contribution in [0.15, 0.2) is 29.4 Å². The summed E-state index contributed by atoms with van der Waals surface area (Å²) in [4.78, 5) is 12.0. The Kier molecular flexibility index (Phi) is 4.37. The van der Waals surface area contributed by atoms with Gasteiger partial charge in [0.05, 0.1) is 12.4 Å². The zero-order valence-electron chi connectivity index (χ0n) is 12.1. The average molecular weight is 307 g/mol. The quantitative estimate of drug-likeness (QED) is 0.873. The van der Waals surface area contributed by atoms with Crippen LogP contribution < -0.4 is 10.0 Å². The molecule has 0 radical (unpaired) electrons. The molecule has 2 rings (SSSR count). The Morgan fingerprint density at radius 2 is 1.81 bits per heavy atom. The number of hydrogen-bond donors (Lipinski definition) is 2. The van der Waals surface area contributed by atoms with Crippen LogP contribution in [0.25, 0.3) is 0 Å². The molecule has 112 valence electrons. The average Bonchev–Trinajstić information content (AvgIpc) is 2.38. The summed E-state index contributed by atoms with van der Waals surface area (Å²) in [5.41, 5.74) is 1.67. The van der Waals surface area contributed by atoms with Gasteiger partial charge in [0.25, 0.3) is 10.0 Å². The third-order valence-corrected chi connectivity index (χ3v) is 3.92. The van der Waals surface area contributed by atoms with E-state index in [2.05, 4.69) is 25.0 Å². The molecule has 8 heteroatoms. The summed E-state index contributed by atoms with van der Waals surface area (Å²) in [7, 11) is -3.74. The van der Waals surface area contributed by atoms with Crippen molar-refractivity contribution >= 4 is 21.8 Å². The fourth-order valence-corrected chi connectivity index (χ4v) is 2.68. The standard InChI is InChI=1S/C13H17N5O2S/c1-4-14-13-15-7-11(8-16-13)21(19,20)18-12-6-9(2)5-10(3)17-12/h5-8H,4H2,1-3H3,(H,17,18)(H,14,15,16). The van der Waals surface area contributed by atoms with Crippen LogP contribution in [0.1, 0.15) is 18.2 Å². The van der Waals surface area contributed by atoms with E-state index >= 15 is 0 Å². The monoisotopic (exact) mass is 307 g/mol. The predicted octanol–water partition coefficient (Wildman–Crippen LogP) is 1.72. The minimum atomic E-state index is -3.74. The molecule has 2 aromatic heterocycles. The molecule has 21 heavy (non-hydrogen) atoms. The van der Waals surface area contributed by atoms with Gasteiger partial charge in [0.15, 0.2) is 0 Å². The van der Waals surface area contributed by atoms with E-state index in [9.17, 15) is 8.42 Å². The van der Waals surface area contributed by atoms with Gasteiger partial charge in [0, 0.05) is 12.2 Å². The van der Waals surface area contributed by atoms with Crippen molar-refractivity contribution in [2.45, 2.75) is 25.7 Å². The maximum Gasteiger partial charge on any atom is 0.266 e. The molecular weight excluding hydrogens is 290 g/mol. The molecular formula is C13H17N5O2S. The van der Waals surface area contributed by atoms with E-state index in [4.69, 9.17) is 0 Å². The molecule has 0 aromatic carbocycles. The second-order valence-corrected chi connectivity index (χ2v) is 6.23. The van der Waals surface area contributed by atoms with Gasteiger partial charge >= 0.3 is 0 Å². The molecule has 0 aliphatic carbocycles. The summed E-state index contributed by atoms with van der Waals surface area (Å²) in [6.07, 6.45) is 2.52. The zero-order valence-corrected chi connectivity index (χ0v) is 12.9. The number of nitrogens with zero attached hydrogens (tertiary/aromatic N) is 3. The Hall–Kier alpha value is -2.22. The normalized spacial score (nSPS) is 11.2. The SMILES string of the molecule is CCNc1ncc(S(=O)(=O)Nc2cc(C)cc(C)n2)cn1. The Morgan fingerprint density at radius 3 is 2.38 bits per heavy atom. The van der Waals surface area contributed by atoms with E-state index in [1.54, 1.807) is 13.0 Å². The van der Waals surface area contributed by atoms with Crippen LogP contribution in [-0.2, 0) is 10.0 Å². The van der Waals surface area contributed by atoms with Gasteiger partial charge in [-0.05, 0) is 38.5 Å². The highest BCUT2D eigenvalue weighted by molar-refractivity contribution is 7.92. The maximum atomic E-state index is 12.2. The van der Waals surface area contributed by atoms with Crippen LogP contribution in [0.4, 0.5) is 11.8 Å². The van der Waals surface area contributed by atoms with Gasteiger partial charge in [-0.15, -0.1) is 0 Å². The van der Waals surface area contributed by atoms with Crippen LogP contribution in [0.3, 0.4) is 0 Å². The first-order chi connectivity index (χ1) is 9.90. The predicted molar refractivity (Wildman–Crippen MR) is 80.7 cm³/mol. The number of nitrogens with one attached hydrogen (secondary N) is 2. The number of rotatable bonds is 5. The van der Waals surface area contributed by atoms with Crippen molar-refractivity contribution in [3.63, 3.8) is 0 Å². The molecule has 0 spiro atoms. The lowest BCUT2D eigenvalue weighted by molar-refractivity contribution is 0.600. The van der Waals surface area contributed by atoms with E-state index in [1.807, 2.05) is 19.9 Å². The van der Waals surface area contributed by atoms with E-state index < -0.39 is 10.0 Å². The number of sulfonamides is 1. The first-order valence-electron chi connectivity index (χ1n) is 6.45. The molecule has 2 aromatic rings. The summed E-state index contributed by atoms with van der Waals surface area (Å²) in [6, 6.07) is 3.53. The van der Waals surface area contributed by atoms with Crippen molar-refractivity contribution in [1.82, 2.24) is 15.0 Å². The Morgan fingerprint density at radius 1 is 1.14 bits per heavy atom. The highest BCUT2D eigenvalue weighted by Crippen LogP contribution is 2.15. The third kappa shape index (κ3) is 3.88. The van der Waals surface area contributed by atoms with Crippen LogP contribution in [0.5, 0.6) is 0 Å². The molecule has 2 heterocycles. The van der Waals surface area contributed by atoms with Crippen molar-refractivity contribution in [2.24, 2.45) is 0 Å². The zero-order chi connectivity index (χ0) is 15.5. The number of aryl methyl sites for hydroxylation is 2. The van der Waals surface area contributed by atoms with E-state index in [-0.39, 0.29) is 10.7 Å². The molecule has 2 N–H and O–H groups in total. The maximum absolute atomic E-state index is 12.2. The summed E-state index contributed by atoms with van der Waals surface area (Å²) >= 11 is 0. The molecule has 0 bridgehead atoms. The Bertz CT molecular complexity index is 708. The van der Waals surface area contributed by atoms with Gasteiger partial charge in [-0.25, -0.2) is 23.4 Å². The van der Waals surface area contributed by atoms with Crippen LogP contribution in [0, 0.1) is 13.8 Å². The van der Waals surface area contributed by atoms with Gasteiger partial charge in [0.2, 0.25) is 5.95 Å². The van der Waals surface area contributed by atoms with Crippen molar-refractivity contribution < 1.29 is 8.42 Å². The topological polar surface area (TPSA) is 96.9 Å². The fraction of sp³-hybridized carbons (Fsp3) is 0.308. The lowest BCUT2D eigenvalue weighted by Gasteiger charge is -2.09. The van der Waals surface area contributed by atoms with E-state index in [0.29, 0.717) is 12.5 Å². The highest BCUT2D eigenvalue weighted by Gasteiger charge is 2.16. The number of pyridine rings is 1. The minimum Gasteiger partial charge on any atom is -0.355 e. The van der Waals surface area contributed by atoms with Gasteiger partial charge in [0.1, 0.15) is 10.7 Å². The first kappa shape index (κ1) is 15.2. The molecule has 0 saturated heterocycles. The van der Waals surface area contributed by atoms with Gasteiger partial charge in [-0.1, -0.05) is 0 Å². The Balaban J connectivity index is 2.25. The molecule has 0 amide bonds. The summed E-state index contributed by atoms with van der Waals surface area (Å²) < 4.78 is 26.9. The van der Waals surface area contributed by atoms with Crippen molar-refractivity contribution in [3.05, 3.63) is 35.8 Å². The number of aromatic nitrogens is 3. The fourth-order valence-electron chi connectivity index (χ4n) is 1.79. The minimum absolute atomic E-state index is 0.00916. The van der Waals surface area contributed by atoms with E-state index in [0.717, 1.165) is 11.3 Å². The van der Waals surface area contributed by atoms with Crippen molar-refractivity contribution in [2.75, 3.05) is 16.6 Å². The van der Waals surface area contributed by atoms with Crippen molar-refractivity contribution in [3.8, 4) is 0 Å². The largest absolute Gasteiger partial charge is 0.355 e. The second kappa shape index (κ2) is 6.04. The molecule has 0 aliphatic rings. The van der Waals surface area contributed by atoms with Crippen molar-refractivity contribution in [1.29, 1.82) is 0 Å². The highest BCUT2D eigenvalue weighted by atomic mass is 32.2. The summed E-state index contributed by atoms with van der Waals surface area (Å²) in [5, 5.41) is 2.90. The van der Waals surface area contributed by atoms with E-state index in [1.165, 1.54) is 12.4 Å². The van der Waals surface area contributed by atoms with Gasteiger partial charge in [-0.3, -0.25) is 4.72 Å². The Labute approximate surface area is 123 Å². The van der Waals surface area contributed by atoms with Gasteiger partial charge in [-0.2, -0.15) is 0 Å². The number of anilines is 2. The van der Waals surface area contributed by atoms with Gasteiger partial charge < -0.3 is 5.32 Å². The smallest absolute Gasteiger partial charge is 0.266 e. The molecule has 0 atom stereocenters. The lowest BCUT2D eigenvalue weighted by atomic mass is 10.2. The lowest BCUT2D eigenvalue weighted by Crippen LogP contribution is -2.15. The molecule has 0 saturated carbocycles. The third-order valence-electron chi connectivity index (χ3n) is 2.61. The van der Waals surface area contributed by atoms with Crippen LogP contribution in [0.2, 0.25) is 0 Å². The first-order valence-corrected chi connectivity index (χ1v) is 7.93. The summed E-state index contributed by atoms with van der Waals surface area (Å²) in [6.45, 7) is 6.25. The van der Waals surface area contributed by atoms with Crippen LogP contribution in [-0.4, -0.2) is 29.9 Å². The van der Waals surface area contributed by atoms with Crippen LogP contribution >= 0.6 is 0 Å². The molecule has 0 fully saturated rings. The second-order valence-electron chi connectivity index (χ2n) is 4.55. The molecule has 0 unspecified atom stereocenters. The molecule has 7 nitrogen and oxygen atoms in total. The summed E-state index contributed by atoms with van der Waals surface area (Å²) in [5.74, 6) is 0.671.